The Hall–Kier alpha value is -1.89. The van der Waals surface area contributed by atoms with Gasteiger partial charge in [0, 0.05) is 17.6 Å². The summed E-state index contributed by atoms with van der Waals surface area (Å²) in [5.74, 6) is 0.440. The molecule has 6 nitrogen and oxygen atoms in total. The maximum atomic E-state index is 13.0. The molecule has 1 spiro atoms. The molecule has 132 valence electrons. The third kappa shape index (κ3) is 1.87. The van der Waals surface area contributed by atoms with Gasteiger partial charge in [-0.25, -0.2) is 0 Å². The van der Waals surface area contributed by atoms with Gasteiger partial charge >= 0.3 is 0 Å². The number of aromatic hydroxyl groups is 1. The van der Waals surface area contributed by atoms with Crippen molar-refractivity contribution in [2.45, 2.75) is 30.7 Å². The molecular weight excluding hydrogens is 324 g/mol. The Bertz CT molecular complexity index is 784. The fourth-order valence-corrected chi connectivity index (χ4v) is 4.94. The van der Waals surface area contributed by atoms with Crippen LogP contribution < -0.4 is 4.74 Å². The molecule has 25 heavy (non-hydrogen) atoms. The van der Waals surface area contributed by atoms with E-state index in [1.807, 2.05) is 6.08 Å². The van der Waals surface area contributed by atoms with E-state index in [1.54, 1.807) is 18.2 Å². The minimum atomic E-state index is -0.545. The Kier molecular flexibility index (Phi) is 3.11. The zero-order chi connectivity index (χ0) is 17.2. The molecule has 6 heteroatoms. The van der Waals surface area contributed by atoms with Crippen LogP contribution in [0.25, 0.3) is 6.08 Å². The highest BCUT2D eigenvalue weighted by molar-refractivity contribution is 6.05. The normalized spacial score (nSPS) is 40.4. The Labute approximate surface area is 145 Å². The van der Waals surface area contributed by atoms with Crippen LogP contribution in [0.3, 0.4) is 0 Å². The first kappa shape index (κ1) is 15.4. The van der Waals surface area contributed by atoms with Crippen LogP contribution in [0.15, 0.2) is 23.8 Å². The lowest BCUT2D eigenvalue weighted by Gasteiger charge is -2.48. The molecule has 4 saturated heterocycles. The summed E-state index contributed by atoms with van der Waals surface area (Å²) in [5, 5.41) is 9.78. The second-order valence-corrected chi connectivity index (χ2v) is 7.37. The van der Waals surface area contributed by atoms with Crippen molar-refractivity contribution in [3.63, 3.8) is 0 Å². The Morgan fingerprint density at radius 3 is 3.08 bits per heavy atom. The predicted octanol–water partition coefficient (Wildman–Crippen LogP) is 1.70. The number of methoxy groups -OCH3 is 1. The predicted molar refractivity (Wildman–Crippen MR) is 87.5 cm³/mol. The number of carbonyl (C=O) groups is 1. The molecule has 4 fully saturated rings. The summed E-state index contributed by atoms with van der Waals surface area (Å²) in [6.45, 7) is 1.71. The Morgan fingerprint density at radius 2 is 2.24 bits per heavy atom. The molecule has 0 radical (unpaired) electrons. The molecule has 4 heterocycles. The molecule has 0 aliphatic carbocycles. The van der Waals surface area contributed by atoms with Crippen LogP contribution >= 0.6 is 0 Å². The summed E-state index contributed by atoms with van der Waals surface area (Å²) in [6, 6.07) is 5.03. The maximum absolute atomic E-state index is 13.0. The average molecular weight is 344 g/mol. The summed E-state index contributed by atoms with van der Waals surface area (Å²) in [7, 11) is 1.50. The number of benzene rings is 1. The molecule has 2 unspecified atom stereocenters. The van der Waals surface area contributed by atoms with Crippen molar-refractivity contribution < 1.29 is 28.8 Å². The average Bonchev–Trinajstić information content (AvgIpc) is 3.12. The number of carbonyl (C=O) groups excluding carboxylic acids is 1. The zero-order valence-corrected chi connectivity index (χ0v) is 14.0. The molecular formula is C19H20O6. The van der Waals surface area contributed by atoms with Crippen molar-refractivity contribution in [3.05, 3.63) is 29.3 Å². The van der Waals surface area contributed by atoms with Crippen LogP contribution in [0, 0.1) is 5.41 Å². The molecule has 5 rings (SSSR count). The van der Waals surface area contributed by atoms with Crippen LogP contribution in [-0.4, -0.2) is 55.6 Å². The van der Waals surface area contributed by atoms with Crippen molar-refractivity contribution in [2.24, 2.45) is 5.41 Å². The number of Topliss-reactive ketones (excluding diaryl/α,β-unsaturated/α-hetero) is 1. The van der Waals surface area contributed by atoms with Crippen molar-refractivity contribution in [1.82, 2.24) is 0 Å². The quantitative estimate of drug-likeness (QED) is 0.823. The molecule has 1 N–H and O–H groups in total. The first-order chi connectivity index (χ1) is 12.1. The highest BCUT2D eigenvalue weighted by atomic mass is 16.6. The topological polar surface area (TPSA) is 74.2 Å². The standard InChI is InChI=1S/C19H20O6/c1-22-14-7-11(2-3-13(14)20)6-12-16(21)15-8-18-4-5-24-17(12)19(18,25-15)10-23-9-18/h2-3,6-7,15,17,20H,4-5,8-10H2,1H3/b12-6-/t15?,17-,18+,19?/m0/s1. The molecule has 1 aromatic carbocycles. The highest BCUT2D eigenvalue weighted by Crippen LogP contribution is 2.61. The third-order valence-electron chi connectivity index (χ3n) is 6.20. The van der Waals surface area contributed by atoms with Gasteiger partial charge in [-0.15, -0.1) is 0 Å². The van der Waals surface area contributed by atoms with Gasteiger partial charge in [0.2, 0.25) is 0 Å². The van der Waals surface area contributed by atoms with Gasteiger partial charge < -0.3 is 24.1 Å². The van der Waals surface area contributed by atoms with E-state index in [9.17, 15) is 9.90 Å². The van der Waals surface area contributed by atoms with Crippen molar-refractivity contribution >= 4 is 11.9 Å². The van der Waals surface area contributed by atoms with E-state index in [0.717, 1.165) is 12.0 Å². The molecule has 0 aromatic heterocycles. The second-order valence-electron chi connectivity index (χ2n) is 7.37. The number of hydrogen-bond donors (Lipinski definition) is 1. The molecule has 4 aliphatic rings. The molecule has 0 amide bonds. The number of fused-ring (bicyclic) bond motifs is 1. The SMILES string of the molecule is COc1cc(/C=C2/C(=O)C3C[C@@]45CCO[C@@H]2C4(COC5)O3)ccc1O. The van der Waals surface area contributed by atoms with Gasteiger partial charge in [-0.3, -0.25) is 4.79 Å². The monoisotopic (exact) mass is 344 g/mol. The van der Waals surface area contributed by atoms with E-state index < -0.39 is 17.8 Å². The largest absolute Gasteiger partial charge is 0.504 e. The minimum Gasteiger partial charge on any atom is -0.504 e. The number of ketones is 1. The summed E-state index contributed by atoms with van der Waals surface area (Å²) in [5.41, 5.74) is 0.764. The van der Waals surface area contributed by atoms with Crippen LogP contribution in [-0.2, 0) is 19.0 Å². The van der Waals surface area contributed by atoms with Crippen molar-refractivity contribution in [2.75, 3.05) is 26.9 Å². The van der Waals surface area contributed by atoms with E-state index in [1.165, 1.54) is 7.11 Å². The minimum absolute atomic E-state index is 0.00154. The van der Waals surface area contributed by atoms with Gasteiger partial charge in [-0.2, -0.15) is 0 Å². The summed E-state index contributed by atoms with van der Waals surface area (Å²) < 4.78 is 23.2. The van der Waals surface area contributed by atoms with Gasteiger partial charge in [-0.1, -0.05) is 6.07 Å². The lowest BCUT2D eigenvalue weighted by atomic mass is 9.67. The van der Waals surface area contributed by atoms with E-state index in [4.69, 9.17) is 18.9 Å². The number of ether oxygens (including phenoxy) is 4. The first-order valence-corrected chi connectivity index (χ1v) is 8.59. The van der Waals surface area contributed by atoms with Gasteiger partial charge in [0.05, 0.1) is 20.3 Å². The smallest absolute Gasteiger partial charge is 0.190 e. The van der Waals surface area contributed by atoms with Gasteiger partial charge in [-0.05, 0) is 36.6 Å². The fourth-order valence-electron chi connectivity index (χ4n) is 4.94. The number of phenolic OH excluding ortho intramolecular Hbond substituents is 1. The summed E-state index contributed by atoms with van der Waals surface area (Å²) in [6.07, 6.45) is 2.60. The van der Waals surface area contributed by atoms with E-state index >= 15 is 0 Å². The molecule has 0 saturated carbocycles. The second kappa shape index (κ2) is 5.06. The first-order valence-electron chi connectivity index (χ1n) is 8.59. The Balaban J connectivity index is 1.61. The van der Waals surface area contributed by atoms with Crippen LogP contribution in [0.1, 0.15) is 18.4 Å². The zero-order valence-electron chi connectivity index (χ0n) is 14.0. The number of hydrogen-bond acceptors (Lipinski definition) is 6. The van der Waals surface area contributed by atoms with Crippen LogP contribution in [0.5, 0.6) is 11.5 Å². The number of rotatable bonds is 2. The molecule has 4 atom stereocenters. The van der Waals surface area contributed by atoms with E-state index in [-0.39, 0.29) is 16.9 Å². The van der Waals surface area contributed by atoms with Gasteiger partial charge in [0.15, 0.2) is 17.3 Å². The lowest BCUT2D eigenvalue weighted by molar-refractivity contribution is -0.196. The summed E-state index contributed by atoms with van der Waals surface area (Å²) in [4.78, 5) is 13.0. The van der Waals surface area contributed by atoms with Crippen molar-refractivity contribution in [1.29, 1.82) is 0 Å². The highest BCUT2D eigenvalue weighted by Gasteiger charge is 2.73. The molecule has 4 aliphatic heterocycles. The Morgan fingerprint density at radius 1 is 1.36 bits per heavy atom. The molecule has 1 aromatic rings. The maximum Gasteiger partial charge on any atom is 0.190 e. The number of phenols is 1. The van der Waals surface area contributed by atoms with Crippen LogP contribution in [0.4, 0.5) is 0 Å². The summed E-state index contributed by atoms with van der Waals surface area (Å²) >= 11 is 0. The van der Waals surface area contributed by atoms with Crippen molar-refractivity contribution in [3.8, 4) is 11.5 Å². The van der Waals surface area contributed by atoms with Gasteiger partial charge in [0.25, 0.3) is 0 Å². The molecule has 2 bridgehead atoms. The third-order valence-corrected chi connectivity index (χ3v) is 6.20. The van der Waals surface area contributed by atoms with Crippen LogP contribution in [0.2, 0.25) is 0 Å². The van der Waals surface area contributed by atoms with Gasteiger partial charge in [0.1, 0.15) is 17.8 Å². The lowest BCUT2D eigenvalue weighted by Crippen LogP contribution is -2.61. The van der Waals surface area contributed by atoms with E-state index in [0.29, 0.717) is 37.6 Å². The van der Waals surface area contributed by atoms with E-state index in [2.05, 4.69) is 0 Å². The fraction of sp³-hybridized carbons (Fsp3) is 0.526.